The van der Waals surface area contributed by atoms with Gasteiger partial charge in [-0.05, 0) is 43.7 Å². The lowest BCUT2D eigenvalue weighted by Gasteiger charge is -2.05. The number of aliphatic imine (C=N–C) groups is 1. The van der Waals surface area contributed by atoms with Crippen molar-refractivity contribution in [1.82, 2.24) is 9.78 Å². The molecule has 136 valence electrons. The molecule has 0 atom stereocenters. The summed E-state index contributed by atoms with van der Waals surface area (Å²) in [6, 6.07) is 7.31. The van der Waals surface area contributed by atoms with Crippen LogP contribution in [0.15, 0.2) is 35.0 Å². The van der Waals surface area contributed by atoms with Gasteiger partial charge >= 0.3 is 5.97 Å². The fourth-order valence-electron chi connectivity index (χ4n) is 2.51. The Bertz CT molecular complexity index is 882. The Morgan fingerprint density at radius 1 is 1.31 bits per heavy atom. The van der Waals surface area contributed by atoms with Crippen molar-refractivity contribution in [2.75, 3.05) is 6.61 Å². The van der Waals surface area contributed by atoms with Gasteiger partial charge < -0.3 is 9.47 Å². The average Bonchev–Trinajstić information content (AvgIpc) is 3.10. The predicted molar refractivity (Wildman–Crippen MR) is 100 cm³/mol. The van der Waals surface area contributed by atoms with Crippen molar-refractivity contribution >= 4 is 29.5 Å². The van der Waals surface area contributed by atoms with Gasteiger partial charge in [0.2, 0.25) is 5.90 Å². The van der Waals surface area contributed by atoms with Crippen LogP contribution in [0.4, 0.5) is 0 Å². The van der Waals surface area contributed by atoms with Gasteiger partial charge in [0.15, 0.2) is 5.70 Å². The van der Waals surface area contributed by atoms with Crippen LogP contribution < -0.4 is 4.74 Å². The monoisotopic (exact) mass is 373 g/mol. The number of carbonyl (C=O) groups is 1. The summed E-state index contributed by atoms with van der Waals surface area (Å²) in [6.07, 6.45) is 3.69. The van der Waals surface area contributed by atoms with E-state index in [1.54, 1.807) is 17.8 Å². The van der Waals surface area contributed by atoms with Crippen molar-refractivity contribution in [1.29, 1.82) is 0 Å². The zero-order valence-electron chi connectivity index (χ0n) is 15.0. The number of esters is 1. The van der Waals surface area contributed by atoms with Crippen LogP contribution in [0.1, 0.15) is 36.6 Å². The van der Waals surface area contributed by atoms with Crippen LogP contribution in [0.25, 0.3) is 6.08 Å². The molecule has 0 amide bonds. The minimum atomic E-state index is -0.511. The second kappa shape index (κ2) is 7.74. The lowest BCUT2D eigenvalue weighted by atomic mass is 10.2. The maximum absolute atomic E-state index is 12.1. The normalized spacial score (nSPS) is 15.3. The average molecular weight is 374 g/mol. The molecule has 0 aliphatic carbocycles. The van der Waals surface area contributed by atoms with Gasteiger partial charge in [0.25, 0.3) is 0 Å². The Morgan fingerprint density at radius 2 is 2.04 bits per heavy atom. The van der Waals surface area contributed by atoms with Gasteiger partial charge in [0.05, 0.1) is 12.3 Å². The molecule has 0 radical (unpaired) electrons. The highest BCUT2D eigenvalue weighted by Crippen LogP contribution is 2.25. The number of benzene rings is 1. The minimum absolute atomic E-state index is 0.196. The zero-order valence-corrected chi connectivity index (χ0v) is 15.7. The van der Waals surface area contributed by atoms with Crippen molar-refractivity contribution < 1.29 is 14.3 Å². The highest BCUT2D eigenvalue weighted by atomic mass is 35.5. The Labute approximate surface area is 157 Å². The molecule has 0 saturated carbocycles. The largest absolute Gasteiger partial charge is 0.494 e. The number of halogens is 1. The quantitative estimate of drug-likeness (QED) is 0.437. The number of carbonyl (C=O) groups excluding carboxylic acids is 1. The Hall–Kier alpha value is -2.60. The second-order valence-corrected chi connectivity index (χ2v) is 6.33. The Balaban J connectivity index is 1.80. The third-order valence-electron chi connectivity index (χ3n) is 3.97. The van der Waals surface area contributed by atoms with Crippen LogP contribution in [0.3, 0.4) is 0 Å². The van der Waals surface area contributed by atoms with E-state index < -0.39 is 5.97 Å². The molecule has 3 rings (SSSR count). The van der Waals surface area contributed by atoms with E-state index in [-0.39, 0.29) is 11.6 Å². The number of aryl methyl sites for hydroxylation is 2. The van der Waals surface area contributed by atoms with E-state index in [1.807, 2.05) is 31.2 Å². The topological polar surface area (TPSA) is 65.7 Å². The minimum Gasteiger partial charge on any atom is -0.494 e. The fourth-order valence-corrected chi connectivity index (χ4v) is 2.74. The molecule has 1 aromatic heterocycles. The predicted octanol–water partition coefficient (Wildman–Crippen LogP) is 3.91. The van der Waals surface area contributed by atoms with Gasteiger partial charge in [0, 0.05) is 18.2 Å². The SMILES string of the molecule is CCCCOc1ccc(C2=NC(=Cc3c(C)nn(C)c3Cl)C(=O)O2)cc1. The third-order valence-corrected chi connectivity index (χ3v) is 4.41. The molecular formula is C19H20ClN3O3. The van der Waals surface area contributed by atoms with Gasteiger partial charge in [-0.15, -0.1) is 0 Å². The van der Waals surface area contributed by atoms with Crippen LogP contribution in [0.5, 0.6) is 5.75 Å². The molecule has 2 heterocycles. The number of hydrogen-bond acceptors (Lipinski definition) is 5. The molecule has 1 aromatic carbocycles. The number of rotatable bonds is 6. The second-order valence-electron chi connectivity index (χ2n) is 5.98. The maximum Gasteiger partial charge on any atom is 0.363 e. The van der Waals surface area contributed by atoms with Crippen LogP contribution in [-0.2, 0) is 16.6 Å². The summed E-state index contributed by atoms with van der Waals surface area (Å²) in [5.41, 5.74) is 2.28. The summed E-state index contributed by atoms with van der Waals surface area (Å²) >= 11 is 6.20. The van der Waals surface area contributed by atoms with E-state index >= 15 is 0 Å². The van der Waals surface area contributed by atoms with E-state index in [2.05, 4.69) is 17.0 Å². The first kappa shape index (κ1) is 18.2. The molecule has 2 aromatic rings. The van der Waals surface area contributed by atoms with E-state index in [0.717, 1.165) is 24.3 Å². The standard InChI is InChI=1S/C19H20ClN3O3/c1-4-5-10-25-14-8-6-13(7-9-14)18-21-16(19(24)26-18)11-15-12(2)22-23(3)17(15)20/h6-9,11H,4-5,10H2,1-3H3. The van der Waals surface area contributed by atoms with E-state index in [1.165, 1.54) is 0 Å². The number of cyclic esters (lactones) is 1. The summed E-state index contributed by atoms with van der Waals surface area (Å²) < 4.78 is 12.5. The Kier molecular flexibility index (Phi) is 5.42. The van der Waals surface area contributed by atoms with Crippen molar-refractivity contribution in [3.63, 3.8) is 0 Å². The van der Waals surface area contributed by atoms with Crippen molar-refractivity contribution in [2.24, 2.45) is 12.0 Å². The molecular weight excluding hydrogens is 354 g/mol. The van der Waals surface area contributed by atoms with E-state index in [4.69, 9.17) is 21.1 Å². The molecule has 0 fully saturated rings. The molecule has 26 heavy (non-hydrogen) atoms. The maximum atomic E-state index is 12.1. The molecule has 1 aliphatic heterocycles. The summed E-state index contributed by atoms with van der Waals surface area (Å²) in [5, 5.41) is 4.67. The smallest absolute Gasteiger partial charge is 0.363 e. The molecule has 0 saturated heterocycles. The van der Waals surface area contributed by atoms with Crippen LogP contribution in [0.2, 0.25) is 5.15 Å². The first-order chi connectivity index (χ1) is 12.5. The number of unbranched alkanes of at least 4 members (excludes halogenated alkanes) is 1. The Morgan fingerprint density at radius 3 is 2.65 bits per heavy atom. The van der Waals surface area contributed by atoms with E-state index in [9.17, 15) is 4.79 Å². The van der Waals surface area contributed by atoms with Gasteiger partial charge in [-0.25, -0.2) is 9.79 Å². The van der Waals surface area contributed by atoms with Crippen molar-refractivity contribution in [3.8, 4) is 5.75 Å². The van der Waals surface area contributed by atoms with E-state index in [0.29, 0.717) is 22.9 Å². The molecule has 0 unspecified atom stereocenters. The van der Waals surface area contributed by atoms with Gasteiger partial charge in [-0.1, -0.05) is 24.9 Å². The molecule has 1 aliphatic rings. The third kappa shape index (κ3) is 3.80. The summed E-state index contributed by atoms with van der Waals surface area (Å²) in [4.78, 5) is 16.4. The summed E-state index contributed by atoms with van der Waals surface area (Å²) in [7, 11) is 1.74. The molecule has 0 N–H and O–H groups in total. The molecule has 0 bridgehead atoms. The number of hydrogen-bond donors (Lipinski definition) is 0. The molecule has 0 spiro atoms. The summed E-state index contributed by atoms with van der Waals surface area (Å²) in [5.74, 6) is 0.530. The van der Waals surface area contributed by atoms with Gasteiger partial charge in [-0.2, -0.15) is 5.10 Å². The first-order valence-electron chi connectivity index (χ1n) is 8.44. The molecule has 6 nitrogen and oxygen atoms in total. The van der Waals surface area contributed by atoms with Crippen molar-refractivity contribution in [2.45, 2.75) is 26.7 Å². The van der Waals surface area contributed by atoms with Crippen molar-refractivity contribution in [3.05, 3.63) is 51.9 Å². The lowest BCUT2D eigenvalue weighted by Crippen LogP contribution is -2.05. The zero-order chi connectivity index (χ0) is 18.7. The van der Waals surface area contributed by atoms with Crippen LogP contribution in [0, 0.1) is 6.92 Å². The van der Waals surface area contributed by atoms with Gasteiger partial charge in [-0.3, -0.25) is 4.68 Å². The fraction of sp³-hybridized carbons (Fsp3) is 0.316. The van der Waals surface area contributed by atoms with Crippen LogP contribution >= 0.6 is 11.6 Å². The highest BCUT2D eigenvalue weighted by molar-refractivity contribution is 6.31. The lowest BCUT2D eigenvalue weighted by molar-refractivity contribution is -0.129. The highest BCUT2D eigenvalue weighted by Gasteiger charge is 2.25. The number of aromatic nitrogens is 2. The van der Waals surface area contributed by atoms with Crippen LogP contribution in [-0.4, -0.2) is 28.3 Å². The van der Waals surface area contributed by atoms with Gasteiger partial charge in [0.1, 0.15) is 10.9 Å². The number of ether oxygens (including phenoxy) is 2. The number of nitrogens with zero attached hydrogens (tertiary/aromatic N) is 3. The molecule has 7 heteroatoms. The first-order valence-corrected chi connectivity index (χ1v) is 8.82. The summed E-state index contributed by atoms with van der Waals surface area (Å²) in [6.45, 7) is 4.62.